The lowest BCUT2D eigenvalue weighted by atomic mass is 10.2. The van der Waals surface area contributed by atoms with Crippen molar-refractivity contribution in [2.45, 2.75) is 25.7 Å². The van der Waals surface area contributed by atoms with E-state index in [0.29, 0.717) is 22.9 Å². The third-order valence-electron chi connectivity index (χ3n) is 3.82. The van der Waals surface area contributed by atoms with Gasteiger partial charge >= 0.3 is 0 Å². The average molecular weight is 356 g/mol. The minimum Gasteiger partial charge on any atom is -0.479 e. The van der Waals surface area contributed by atoms with Crippen LogP contribution in [0.1, 0.15) is 18.1 Å². The molecule has 0 aliphatic carbocycles. The Labute approximate surface area is 151 Å². The summed E-state index contributed by atoms with van der Waals surface area (Å²) in [5, 5.41) is 5.62. The van der Waals surface area contributed by atoms with Gasteiger partial charge in [-0.3, -0.25) is 9.59 Å². The summed E-state index contributed by atoms with van der Waals surface area (Å²) < 4.78 is 5.50. The molecule has 2 amide bonds. The number of nitrogens with one attached hydrogen (secondary N) is 2. The second kappa shape index (κ2) is 7.61. The third kappa shape index (κ3) is 4.54. The smallest absolute Gasteiger partial charge is 0.265 e. The number of amides is 2. The first-order chi connectivity index (χ1) is 12.0. The minimum absolute atomic E-state index is 0.0755. The maximum atomic E-state index is 12.1. The van der Waals surface area contributed by atoms with E-state index >= 15 is 0 Å². The van der Waals surface area contributed by atoms with Gasteiger partial charge in [0.05, 0.1) is 11.4 Å². The first kappa shape index (κ1) is 17.4. The molecule has 0 aromatic heterocycles. The Bertz CT molecular complexity index is 790. The van der Waals surface area contributed by atoms with Crippen LogP contribution in [-0.4, -0.2) is 23.7 Å². The van der Waals surface area contributed by atoms with Crippen molar-refractivity contribution >= 4 is 35.0 Å². The van der Waals surface area contributed by atoms with Gasteiger partial charge in [-0.25, -0.2) is 0 Å². The standard InChI is InChI=1S/C19H20N2O3S/c1-12-3-5-14(6-4-12)10-25-11-18(22)20-15-7-8-17-16(9-15)21-19(23)13(2)24-17/h3-9,13H,10-11H2,1-2H3,(H,20,22)(H,21,23)/t13-/m1/s1. The Kier molecular flexibility index (Phi) is 5.28. The largest absolute Gasteiger partial charge is 0.479 e. The molecular weight excluding hydrogens is 336 g/mol. The number of ether oxygens (including phenoxy) is 1. The molecule has 2 aromatic carbocycles. The van der Waals surface area contributed by atoms with Gasteiger partial charge < -0.3 is 15.4 Å². The minimum atomic E-state index is -0.508. The molecule has 6 heteroatoms. The molecule has 0 bridgehead atoms. The van der Waals surface area contributed by atoms with Crippen LogP contribution in [0.5, 0.6) is 5.75 Å². The van der Waals surface area contributed by atoms with Crippen molar-refractivity contribution in [2.24, 2.45) is 0 Å². The van der Waals surface area contributed by atoms with Crippen molar-refractivity contribution in [3.63, 3.8) is 0 Å². The van der Waals surface area contributed by atoms with E-state index in [0.717, 1.165) is 5.75 Å². The topological polar surface area (TPSA) is 67.4 Å². The average Bonchev–Trinajstić information content (AvgIpc) is 2.58. The van der Waals surface area contributed by atoms with Gasteiger partial charge in [0.15, 0.2) is 6.10 Å². The highest BCUT2D eigenvalue weighted by atomic mass is 32.2. The zero-order valence-electron chi connectivity index (χ0n) is 14.2. The van der Waals surface area contributed by atoms with Crippen LogP contribution in [0, 0.1) is 6.92 Å². The summed E-state index contributed by atoms with van der Waals surface area (Å²) in [5.74, 6) is 1.50. The fourth-order valence-corrected chi connectivity index (χ4v) is 3.22. The van der Waals surface area contributed by atoms with E-state index in [1.807, 2.05) is 0 Å². The Morgan fingerprint density at radius 3 is 2.76 bits per heavy atom. The zero-order valence-corrected chi connectivity index (χ0v) is 15.0. The van der Waals surface area contributed by atoms with Gasteiger partial charge in [-0.15, -0.1) is 11.8 Å². The molecule has 1 aliphatic rings. The van der Waals surface area contributed by atoms with Gasteiger partial charge in [0, 0.05) is 11.4 Å². The van der Waals surface area contributed by atoms with Crippen LogP contribution >= 0.6 is 11.8 Å². The van der Waals surface area contributed by atoms with Gasteiger partial charge in [-0.2, -0.15) is 0 Å². The molecule has 0 spiro atoms. The summed E-state index contributed by atoms with van der Waals surface area (Å²) in [4.78, 5) is 23.8. The lowest BCUT2D eigenvalue weighted by Crippen LogP contribution is -2.34. The highest BCUT2D eigenvalue weighted by Crippen LogP contribution is 2.32. The van der Waals surface area contributed by atoms with Crippen LogP contribution in [0.2, 0.25) is 0 Å². The molecule has 0 saturated carbocycles. The molecule has 130 valence electrons. The maximum absolute atomic E-state index is 12.1. The van der Waals surface area contributed by atoms with E-state index < -0.39 is 6.10 Å². The lowest BCUT2D eigenvalue weighted by Gasteiger charge is -2.23. The molecule has 25 heavy (non-hydrogen) atoms. The molecule has 1 heterocycles. The molecular formula is C19H20N2O3S. The highest BCUT2D eigenvalue weighted by molar-refractivity contribution is 7.99. The normalized spacial score (nSPS) is 15.8. The number of hydrogen-bond acceptors (Lipinski definition) is 4. The quantitative estimate of drug-likeness (QED) is 0.859. The summed E-state index contributed by atoms with van der Waals surface area (Å²) >= 11 is 1.56. The fraction of sp³-hybridized carbons (Fsp3) is 0.263. The maximum Gasteiger partial charge on any atom is 0.265 e. The number of anilines is 2. The van der Waals surface area contributed by atoms with E-state index in [9.17, 15) is 9.59 Å². The van der Waals surface area contributed by atoms with Crippen LogP contribution in [0.25, 0.3) is 0 Å². The molecule has 3 rings (SSSR count). The van der Waals surface area contributed by atoms with Crippen LogP contribution in [0.15, 0.2) is 42.5 Å². The summed E-state index contributed by atoms with van der Waals surface area (Å²) in [6.45, 7) is 3.75. The van der Waals surface area contributed by atoms with E-state index in [-0.39, 0.29) is 11.8 Å². The van der Waals surface area contributed by atoms with Crippen molar-refractivity contribution < 1.29 is 14.3 Å². The monoisotopic (exact) mass is 356 g/mol. The summed E-state index contributed by atoms with van der Waals surface area (Å²) in [6, 6.07) is 13.5. The van der Waals surface area contributed by atoms with Gasteiger partial charge in [-0.05, 0) is 37.6 Å². The van der Waals surface area contributed by atoms with E-state index in [2.05, 4.69) is 41.8 Å². The third-order valence-corrected chi connectivity index (χ3v) is 4.82. The number of carbonyl (C=O) groups is 2. The first-order valence-electron chi connectivity index (χ1n) is 8.06. The number of rotatable bonds is 5. The Morgan fingerprint density at radius 1 is 1.24 bits per heavy atom. The van der Waals surface area contributed by atoms with Crippen LogP contribution in [0.3, 0.4) is 0 Å². The van der Waals surface area contributed by atoms with Gasteiger partial charge in [0.1, 0.15) is 5.75 Å². The Morgan fingerprint density at radius 2 is 2.00 bits per heavy atom. The van der Waals surface area contributed by atoms with Crippen molar-refractivity contribution in [3.8, 4) is 5.75 Å². The predicted molar refractivity (Wildman–Crippen MR) is 101 cm³/mol. The van der Waals surface area contributed by atoms with Crippen molar-refractivity contribution in [3.05, 3.63) is 53.6 Å². The molecule has 0 radical (unpaired) electrons. The molecule has 2 aromatic rings. The van der Waals surface area contributed by atoms with Crippen LogP contribution < -0.4 is 15.4 Å². The number of thioether (sulfide) groups is 1. The predicted octanol–water partition coefficient (Wildman–Crippen LogP) is 3.59. The van der Waals surface area contributed by atoms with Crippen molar-refractivity contribution in [1.82, 2.24) is 0 Å². The molecule has 0 unspecified atom stereocenters. The van der Waals surface area contributed by atoms with Crippen molar-refractivity contribution in [2.75, 3.05) is 16.4 Å². The van der Waals surface area contributed by atoms with Gasteiger partial charge in [0.25, 0.3) is 5.91 Å². The van der Waals surface area contributed by atoms with Gasteiger partial charge in [0.2, 0.25) is 5.91 Å². The number of aryl methyl sites for hydroxylation is 1. The molecule has 1 aliphatic heterocycles. The Balaban J connectivity index is 1.52. The molecule has 2 N–H and O–H groups in total. The summed E-state index contributed by atoms with van der Waals surface area (Å²) in [6.07, 6.45) is -0.508. The summed E-state index contributed by atoms with van der Waals surface area (Å²) in [5.41, 5.74) is 3.64. The van der Waals surface area contributed by atoms with Gasteiger partial charge in [-0.1, -0.05) is 29.8 Å². The highest BCUT2D eigenvalue weighted by Gasteiger charge is 2.23. The molecule has 0 fully saturated rings. The Hall–Kier alpha value is -2.47. The second-order valence-electron chi connectivity index (χ2n) is 5.99. The number of carbonyl (C=O) groups excluding carboxylic acids is 2. The molecule has 1 atom stereocenters. The number of hydrogen-bond donors (Lipinski definition) is 2. The number of benzene rings is 2. The second-order valence-corrected chi connectivity index (χ2v) is 6.97. The summed E-state index contributed by atoms with van der Waals surface area (Å²) in [7, 11) is 0. The first-order valence-corrected chi connectivity index (χ1v) is 9.21. The SMILES string of the molecule is Cc1ccc(CSCC(=O)Nc2ccc3c(c2)NC(=O)[C@@H](C)O3)cc1. The van der Waals surface area contributed by atoms with E-state index in [1.54, 1.807) is 36.9 Å². The van der Waals surface area contributed by atoms with Crippen molar-refractivity contribution in [1.29, 1.82) is 0 Å². The zero-order chi connectivity index (χ0) is 17.8. The van der Waals surface area contributed by atoms with E-state index in [4.69, 9.17) is 4.74 Å². The van der Waals surface area contributed by atoms with Crippen LogP contribution in [-0.2, 0) is 15.3 Å². The lowest BCUT2D eigenvalue weighted by molar-refractivity contribution is -0.122. The fourth-order valence-electron chi connectivity index (χ4n) is 2.43. The molecule has 5 nitrogen and oxygen atoms in total. The molecule has 0 saturated heterocycles. The van der Waals surface area contributed by atoms with Crippen LogP contribution in [0.4, 0.5) is 11.4 Å². The van der Waals surface area contributed by atoms with E-state index in [1.165, 1.54) is 11.1 Å². The number of fused-ring (bicyclic) bond motifs is 1.